The summed E-state index contributed by atoms with van der Waals surface area (Å²) in [7, 11) is 1.42. The van der Waals surface area contributed by atoms with E-state index in [4.69, 9.17) is 21.1 Å². The van der Waals surface area contributed by atoms with Crippen molar-refractivity contribution in [2.24, 2.45) is 0 Å². The van der Waals surface area contributed by atoms with E-state index in [1.54, 1.807) is 17.4 Å². The van der Waals surface area contributed by atoms with E-state index >= 15 is 0 Å². The fourth-order valence-corrected chi connectivity index (χ4v) is 4.70. The highest BCUT2D eigenvalue weighted by molar-refractivity contribution is 6.31. The second kappa shape index (κ2) is 9.19. The molecule has 1 N–H and O–H groups in total. The van der Waals surface area contributed by atoms with E-state index in [1.165, 1.54) is 12.7 Å². The number of fused-ring (bicyclic) bond motifs is 3. The van der Waals surface area contributed by atoms with Crippen molar-refractivity contribution in [1.82, 2.24) is 19.4 Å². The van der Waals surface area contributed by atoms with Gasteiger partial charge in [-0.25, -0.2) is 9.78 Å². The first-order chi connectivity index (χ1) is 16.1. The third-order valence-electron chi connectivity index (χ3n) is 6.08. The molecule has 2 aromatic heterocycles. The van der Waals surface area contributed by atoms with Crippen LogP contribution in [0.3, 0.4) is 0 Å². The molecule has 0 radical (unpaired) electrons. The smallest absolute Gasteiger partial charge is 0.410 e. The van der Waals surface area contributed by atoms with Crippen LogP contribution in [-0.2, 0) is 17.7 Å². The number of rotatable bonds is 6. The van der Waals surface area contributed by atoms with Crippen LogP contribution >= 0.6 is 11.6 Å². The first kappa shape index (κ1) is 21.4. The van der Waals surface area contributed by atoms with Gasteiger partial charge in [0.25, 0.3) is 0 Å². The van der Waals surface area contributed by atoms with Crippen molar-refractivity contribution in [3.63, 3.8) is 0 Å². The number of carbonyl (C=O) groups excluding carboxylic acids is 1. The fourth-order valence-electron chi connectivity index (χ4n) is 4.52. The van der Waals surface area contributed by atoms with Crippen molar-refractivity contribution < 1.29 is 14.3 Å². The van der Waals surface area contributed by atoms with E-state index in [9.17, 15) is 4.79 Å². The van der Waals surface area contributed by atoms with E-state index in [1.807, 2.05) is 53.2 Å². The Kier molecular flexibility index (Phi) is 5.96. The zero-order valence-electron chi connectivity index (χ0n) is 18.3. The Balaban J connectivity index is 1.38. The predicted octanol–water partition coefficient (Wildman–Crippen LogP) is 5.20. The van der Waals surface area contributed by atoms with E-state index in [-0.39, 0.29) is 12.1 Å². The second-order valence-corrected chi connectivity index (χ2v) is 8.53. The summed E-state index contributed by atoms with van der Waals surface area (Å²) in [6.45, 7) is 2.04. The number of hydrogen-bond acceptors (Lipinski definition) is 4. The number of methoxy groups -OCH3 is 1. The third-order valence-corrected chi connectivity index (χ3v) is 6.32. The molecule has 0 spiro atoms. The van der Waals surface area contributed by atoms with Gasteiger partial charge in [0.15, 0.2) is 0 Å². The number of ether oxygens (including phenoxy) is 2. The van der Waals surface area contributed by atoms with Gasteiger partial charge in [0.05, 0.1) is 20.0 Å². The molecule has 0 saturated carbocycles. The van der Waals surface area contributed by atoms with E-state index < -0.39 is 0 Å². The minimum Gasteiger partial charge on any atom is -0.494 e. The molecule has 1 aliphatic heterocycles. The van der Waals surface area contributed by atoms with Crippen LogP contribution < -0.4 is 4.74 Å². The molecule has 8 heteroatoms. The van der Waals surface area contributed by atoms with Crippen LogP contribution in [-0.4, -0.2) is 45.8 Å². The van der Waals surface area contributed by atoms with Gasteiger partial charge >= 0.3 is 6.09 Å². The molecule has 0 saturated heterocycles. The Labute approximate surface area is 196 Å². The lowest BCUT2D eigenvalue weighted by molar-refractivity contribution is 0.108. The first-order valence-electron chi connectivity index (χ1n) is 11.0. The number of halogens is 1. The Hall–Kier alpha value is -3.45. The SMILES string of the molecule is COC(=O)N1CCc2c([nH]c3ccc(Cl)cc23)C1c1ccc(OCCCn2ccnc2)cc1. The van der Waals surface area contributed by atoms with Crippen molar-refractivity contribution in [3.8, 4) is 5.75 Å². The Bertz CT molecular complexity index is 1250. The number of amides is 1. The highest BCUT2D eigenvalue weighted by Crippen LogP contribution is 2.39. The van der Waals surface area contributed by atoms with Crippen LogP contribution in [0.5, 0.6) is 5.75 Å². The predicted molar refractivity (Wildman–Crippen MR) is 127 cm³/mol. The molecule has 2 aromatic carbocycles. The summed E-state index contributed by atoms with van der Waals surface area (Å²) in [5.41, 5.74) is 4.19. The van der Waals surface area contributed by atoms with Crippen molar-refractivity contribution in [3.05, 3.63) is 83.0 Å². The average molecular weight is 465 g/mol. The Morgan fingerprint density at radius 3 is 2.85 bits per heavy atom. The number of aromatic nitrogens is 3. The zero-order chi connectivity index (χ0) is 22.8. The van der Waals surface area contributed by atoms with Gasteiger partial charge in [-0.15, -0.1) is 0 Å². The highest BCUT2D eigenvalue weighted by atomic mass is 35.5. The van der Waals surface area contributed by atoms with Gasteiger partial charge in [-0.1, -0.05) is 23.7 Å². The average Bonchev–Trinajstić information content (AvgIpc) is 3.49. The van der Waals surface area contributed by atoms with Gasteiger partial charge in [-0.2, -0.15) is 0 Å². The maximum Gasteiger partial charge on any atom is 0.410 e. The first-order valence-corrected chi connectivity index (χ1v) is 11.3. The maximum absolute atomic E-state index is 12.6. The highest BCUT2D eigenvalue weighted by Gasteiger charge is 2.35. The van der Waals surface area contributed by atoms with Gasteiger partial charge in [0.1, 0.15) is 11.8 Å². The fraction of sp³-hybridized carbons (Fsp3) is 0.280. The summed E-state index contributed by atoms with van der Waals surface area (Å²) in [5.74, 6) is 0.800. The van der Waals surface area contributed by atoms with Crippen LogP contribution in [0.4, 0.5) is 4.79 Å². The number of imidazole rings is 1. The van der Waals surface area contributed by atoms with E-state index in [2.05, 4.69) is 9.97 Å². The molecule has 1 amide bonds. The summed E-state index contributed by atoms with van der Waals surface area (Å²) in [6.07, 6.45) is 6.80. The normalized spacial score (nSPS) is 15.5. The lowest BCUT2D eigenvalue weighted by atomic mass is 9.92. The number of hydrogen-bond donors (Lipinski definition) is 1. The Morgan fingerprint density at radius 2 is 2.09 bits per heavy atom. The summed E-state index contributed by atoms with van der Waals surface area (Å²) < 4.78 is 13.0. The van der Waals surface area contributed by atoms with Crippen molar-refractivity contribution in [2.45, 2.75) is 25.4 Å². The van der Waals surface area contributed by atoms with E-state index in [0.717, 1.165) is 47.3 Å². The monoisotopic (exact) mass is 464 g/mol. The van der Waals surface area contributed by atoms with Gasteiger partial charge < -0.3 is 19.0 Å². The molecule has 7 nitrogen and oxygen atoms in total. The second-order valence-electron chi connectivity index (χ2n) is 8.09. The molecule has 33 heavy (non-hydrogen) atoms. The molecule has 0 bridgehead atoms. The zero-order valence-corrected chi connectivity index (χ0v) is 19.1. The summed E-state index contributed by atoms with van der Waals surface area (Å²) >= 11 is 6.25. The number of carbonyl (C=O) groups is 1. The molecule has 4 aromatic rings. The van der Waals surface area contributed by atoms with Crippen molar-refractivity contribution >= 4 is 28.6 Å². The van der Waals surface area contributed by atoms with Gasteiger partial charge in [-0.05, 0) is 54.3 Å². The summed E-state index contributed by atoms with van der Waals surface area (Å²) in [5, 5.41) is 1.80. The lowest BCUT2D eigenvalue weighted by Crippen LogP contribution is -2.40. The summed E-state index contributed by atoms with van der Waals surface area (Å²) in [6, 6.07) is 13.5. The molecule has 1 unspecified atom stereocenters. The maximum atomic E-state index is 12.6. The minimum atomic E-state index is -0.345. The van der Waals surface area contributed by atoms with Crippen LogP contribution in [0.2, 0.25) is 5.02 Å². The topological polar surface area (TPSA) is 72.4 Å². The number of aromatic amines is 1. The molecular weight excluding hydrogens is 440 g/mol. The van der Waals surface area contributed by atoms with Gasteiger partial charge in [0.2, 0.25) is 0 Å². The van der Waals surface area contributed by atoms with Crippen LogP contribution in [0.1, 0.15) is 29.3 Å². The number of nitrogens with one attached hydrogen (secondary N) is 1. The molecule has 0 aliphatic carbocycles. The molecule has 1 aliphatic rings. The number of benzene rings is 2. The standard InChI is InChI=1S/C25H25ClN4O3/c1-32-25(31)30-12-9-20-21-15-18(26)5-8-22(21)28-23(20)24(30)17-3-6-19(7-4-17)33-14-2-11-29-13-10-27-16-29/h3-8,10,13,15-16,24,28H,2,9,11-12,14H2,1H3. The van der Waals surface area contributed by atoms with E-state index in [0.29, 0.717) is 18.2 Å². The number of aryl methyl sites for hydroxylation is 1. The third kappa shape index (κ3) is 4.28. The number of H-pyrrole nitrogens is 1. The minimum absolute atomic E-state index is 0.275. The molecule has 1 atom stereocenters. The molecule has 3 heterocycles. The molecular formula is C25H25ClN4O3. The van der Waals surface area contributed by atoms with Gasteiger partial charge in [-0.3, -0.25) is 4.90 Å². The summed E-state index contributed by atoms with van der Waals surface area (Å²) in [4.78, 5) is 21.9. The molecule has 0 fully saturated rings. The largest absolute Gasteiger partial charge is 0.494 e. The number of nitrogens with zero attached hydrogens (tertiary/aromatic N) is 3. The molecule has 5 rings (SSSR count). The van der Waals surface area contributed by atoms with Crippen molar-refractivity contribution in [1.29, 1.82) is 0 Å². The van der Waals surface area contributed by atoms with Crippen LogP contribution in [0.15, 0.2) is 61.2 Å². The van der Waals surface area contributed by atoms with Gasteiger partial charge in [0, 0.05) is 47.1 Å². The molecule has 170 valence electrons. The quantitative estimate of drug-likeness (QED) is 0.398. The Morgan fingerprint density at radius 1 is 1.24 bits per heavy atom. The lowest BCUT2D eigenvalue weighted by Gasteiger charge is -2.35. The van der Waals surface area contributed by atoms with Crippen LogP contribution in [0.25, 0.3) is 10.9 Å². The van der Waals surface area contributed by atoms with Crippen molar-refractivity contribution in [2.75, 3.05) is 20.3 Å². The van der Waals surface area contributed by atoms with Crippen LogP contribution in [0, 0.1) is 0 Å².